The van der Waals surface area contributed by atoms with Crippen LogP contribution in [0.15, 0.2) is 60.6 Å². The fourth-order valence-electron chi connectivity index (χ4n) is 2.44. The summed E-state index contributed by atoms with van der Waals surface area (Å²) in [6, 6.07) is 13.5. The molecule has 0 aliphatic carbocycles. The van der Waals surface area contributed by atoms with Gasteiger partial charge in [0.2, 0.25) is 0 Å². The van der Waals surface area contributed by atoms with Crippen LogP contribution in [-0.2, 0) is 11.3 Å². The van der Waals surface area contributed by atoms with Gasteiger partial charge in [-0.2, -0.15) is 10.4 Å². The minimum atomic E-state index is -0.430. The van der Waals surface area contributed by atoms with Crippen LogP contribution >= 0.6 is 0 Å². The minimum Gasteiger partial charge on any atom is -0.347 e. The molecule has 1 aromatic carbocycles. The molecule has 0 aliphatic heterocycles. The van der Waals surface area contributed by atoms with Crippen LogP contribution < -0.4 is 5.32 Å². The summed E-state index contributed by atoms with van der Waals surface area (Å²) in [6.45, 7) is 2.34. The molecule has 0 saturated carbocycles. The minimum absolute atomic E-state index is 0.0221. The van der Waals surface area contributed by atoms with E-state index in [0.717, 1.165) is 22.4 Å². The Hall–Kier alpha value is -3.72. The van der Waals surface area contributed by atoms with E-state index in [9.17, 15) is 10.1 Å². The molecule has 3 rings (SSSR count). The number of nitrogens with one attached hydrogen (secondary N) is 2. The Morgan fingerprint density at radius 3 is 2.65 bits per heavy atom. The van der Waals surface area contributed by atoms with Crippen molar-refractivity contribution in [3.05, 3.63) is 77.3 Å². The number of benzene rings is 1. The number of nitriles is 1. The summed E-state index contributed by atoms with van der Waals surface area (Å²) < 4.78 is 0. The van der Waals surface area contributed by atoms with Gasteiger partial charge in [-0.25, -0.2) is 0 Å². The first kappa shape index (κ1) is 17.1. The molecule has 6 nitrogen and oxygen atoms in total. The molecular weight excluding hydrogens is 326 g/mol. The first-order chi connectivity index (χ1) is 12.7. The summed E-state index contributed by atoms with van der Waals surface area (Å²) in [6.07, 6.45) is 6.45. The number of hydrogen-bond acceptors (Lipinski definition) is 4. The van der Waals surface area contributed by atoms with Crippen molar-refractivity contribution >= 4 is 12.0 Å². The maximum Gasteiger partial charge on any atom is 0.262 e. The van der Waals surface area contributed by atoms with Crippen molar-refractivity contribution in [2.45, 2.75) is 13.5 Å². The second-order valence-electron chi connectivity index (χ2n) is 5.77. The monoisotopic (exact) mass is 343 g/mol. The lowest BCUT2D eigenvalue weighted by Crippen LogP contribution is -2.23. The van der Waals surface area contributed by atoms with Gasteiger partial charge < -0.3 is 5.32 Å². The van der Waals surface area contributed by atoms with Gasteiger partial charge in [0.05, 0.1) is 11.9 Å². The first-order valence-corrected chi connectivity index (χ1v) is 8.06. The van der Waals surface area contributed by atoms with E-state index in [4.69, 9.17) is 0 Å². The van der Waals surface area contributed by atoms with E-state index in [1.54, 1.807) is 24.7 Å². The molecular formula is C20H17N5O. The van der Waals surface area contributed by atoms with Crippen LogP contribution in [0.2, 0.25) is 0 Å². The fraction of sp³-hybridized carbons (Fsp3) is 0.100. The van der Waals surface area contributed by atoms with Crippen LogP contribution in [0.25, 0.3) is 17.3 Å². The zero-order valence-electron chi connectivity index (χ0n) is 14.2. The molecule has 3 aromatic rings. The molecule has 1 amide bonds. The molecule has 26 heavy (non-hydrogen) atoms. The smallest absolute Gasteiger partial charge is 0.262 e. The van der Waals surface area contributed by atoms with E-state index in [-0.39, 0.29) is 5.57 Å². The molecule has 0 unspecified atom stereocenters. The first-order valence-electron chi connectivity index (χ1n) is 8.06. The Morgan fingerprint density at radius 1 is 1.23 bits per heavy atom. The van der Waals surface area contributed by atoms with Crippen molar-refractivity contribution in [1.82, 2.24) is 20.5 Å². The molecule has 0 saturated heterocycles. The van der Waals surface area contributed by atoms with Crippen molar-refractivity contribution in [2.24, 2.45) is 0 Å². The van der Waals surface area contributed by atoms with Crippen LogP contribution in [0.3, 0.4) is 0 Å². The van der Waals surface area contributed by atoms with Crippen molar-refractivity contribution in [3.63, 3.8) is 0 Å². The van der Waals surface area contributed by atoms with Crippen LogP contribution in [0.1, 0.15) is 16.7 Å². The Bertz CT molecular complexity index is 965. The highest BCUT2D eigenvalue weighted by Gasteiger charge is 2.12. The fourth-order valence-corrected chi connectivity index (χ4v) is 2.44. The van der Waals surface area contributed by atoms with Gasteiger partial charge in [0, 0.05) is 30.1 Å². The normalized spacial score (nSPS) is 11.0. The molecule has 6 heteroatoms. The van der Waals surface area contributed by atoms with Crippen LogP contribution in [0.4, 0.5) is 0 Å². The van der Waals surface area contributed by atoms with E-state index in [0.29, 0.717) is 12.1 Å². The molecule has 0 aliphatic rings. The molecule has 0 fully saturated rings. The lowest BCUT2D eigenvalue weighted by Gasteiger charge is -2.05. The number of carbonyl (C=O) groups excluding carboxylic acids is 1. The number of aromatic nitrogens is 3. The van der Waals surface area contributed by atoms with E-state index < -0.39 is 5.91 Å². The highest BCUT2D eigenvalue weighted by molar-refractivity contribution is 6.02. The summed E-state index contributed by atoms with van der Waals surface area (Å²) in [4.78, 5) is 16.2. The number of H-pyrrole nitrogens is 1. The second-order valence-corrected chi connectivity index (χ2v) is 5.77. The molecule has 128 valence electrons. The van der Waals surface area contributed by atoms with Gasteiger partial charge in [0.15, 0.2) is 0 Å². The number of pyridine rings is 1. The summed E-state index contributed by atoms with van der Waals surface area (Å²) in [5.74, 6) is -0.430. The Balaban J connectivity index is 1.79. The van der Waals surface area contributed by atoms with Crippen LogP contribution in [-0.4, -0.2) is 21.1 Å². The highest BCUT2D eigenvalue weighted by Crippen LogP contribution is 2.23. The van der Waals surface area contributed by atoms with Gasteiger partial charge in [-0.1, -0.05) is 29.8 Å². The predicted octanol–water partition coefficient (Wildman–Crippen LogP) is 3.00. The molecule has 2 aromatic heterocycles. The van der Waals surface area contributed by atoms with Gasteiger partial charge in [0.25, 0.3) is 5.91 Å². The standard InChI is InChI=1S/C20H17N5O/c1-14-2-4-16(5-3-14)19-18(13-24-25-19)10-17(11-21)20(26)23-12-15-6-8-22-9-7-15/h2-10,13H,12H2,1H3,(H,23,26)(H,24,25). The number of hydrogen-bond donors (Lipinski definition) is 2. The van der Waals surface area contributed by atoms with E-state index in [1.165, 1.54) is 0 Å². The van der Waals surface area contributed by atoms with Crippen molar-refractivity contribution < 1.29 is 4.79 Å². The molecule has 0 radical (unpaired) electrons. The number of rotatable bonds is 5. The zero-order chi connectivity index (χ0) is 18.4. The maximum atomic E-state index is 12.3. The van der Waals surface area contributed by atoms with Crippen molar-refractivity contribution in [1.29, 1.82) is 5.26 Å². The summed E-state index contributed by atoms with van der Waals surface area (Å²) in [5.41, 5.74) is 4.47. The van der Waals surface area contributed by atoms with E-state index in [2.05, 4.69) is 20.5 Å². The zero-order valence-corrected chi connectivity index (χ0v) is 14.2. The number of aromatic amines is 1. The van der Waals surface area contributed by atoms with Crippen LogP contribution in [0.5, 0.6) is 0 Å². The number of amides is 1. The lowest BCUT2D eigenvalue weighted by atomic mass is 10.0. The van der Waals surface area contributed by atoms with Crippen molar-refractivity contribution in [3.8, 4) is 17.3 Å². The topological polar surface area (TPSA) is 94.5 Å². The Kier molecular flexibility index (Phi) is 5.20. The van der Waals surface area contributed by atoms with E-state index in [1.807, 2.05) is 49.4 Å². The largest absolute Gasteiger partial charge is 0.347 e. The second kappa shape index (κ2) is 7.90. The molecule has 2 heterocycles. The number of carbonyl (C=O) groups is 1. The molecule has 2 N–H and O–H groups in total. The number of nitrogens with zero attached hydrogens (tertiary/aromatic N) is 3. The van der Waals surface area contributed by atoms with Gasteiger partial charge in [-0.15, -0.1) is 0 Å². The summed E-state index contributed by atoms with van der Waals surface area (Å²) >= 11 is 0. The quantitative estimate of drug-likeness (QED) is 0.550. The predicted molar refractivity (Wildman–Crippen MR) is 98.4 cm³/mol. The van der Waals surface area contributed by atoms with Gasteiger partial charge in [-0.3, -0.25) is 14.9 Å². The third-order valence-electron chi connectivity index (χ3n) is 3.88. The van der Waals surface area contributed by atoms with Gasteiger partial charge in [-0.05, 0) is 30.7 Å². The lowest BCUT2D eigenvalue weighted by molar-refractivity contribution is -0.117. The average Bonchev–Trinajstić information content (AvgIpc) is 3.14. The average molecular weight is 343 g/mol. The third kappa shape index (κ3) is 4.02. The molecule has 0 atom stereocenters. The van der Waals surface area contributed by atoms with Crippen LogP contribution in [0, 0.1) is 18.3 Å². The van der Waals surface area contributed by atoms with E-state index >= 15 is 0 Å². The number of aryl methyl sites for hydroxylation is 1. The maximum absolute atomic E-state index is 12.3. The van der Waals surface area contributed by atoms with Gasteiger partial charge >= 0.3 is 0 Å². The Labute approximate surface area is 151 Å². The molecule has 0 spiro atoms. The highest BCUT2D eigenvalue weighted by atomic mass is 16.1. The summed E-state index contributed by atoms with van der Waals surface area (Å²) in [7, 11) is 0. The SMILES string of the molecule is Cc1ccc(-c2[nH]ncc2C=C(C#N)C(=O)NCc2ccncc2)cc1. The Morgan fingerprint density at radius 2 is 1.96 bits per heavy atom. The third-order valence-corrected chi connectivity index (χ3v) is 3.88. The van der Waals surface area contributed by atoms with Crippen molar-refractivity contribution in [2.75, 3.05) is 0 Å². The molecule has 0 bridgehead atoms. The summed E-state index contributed by atoms with van der Waals surface area (Å²) in [5, 5.41) is 19.1. The van der Waals surface area contributed by atoms with Gasteiger partial charge in [0.1, 0.15) is 11.6 Å².